The number of aliphatic carboxylic acids is 1. The van der Waals surface area contributed by atoms with Gasteiger partial charge in [0.05, 0.1) is 11.8 Å². The minimum Gasteiger partial charge on any atom is -0.480 e. The molecule has 0 spiro atoms. The van der Waals surface area contributed by atoms with Gasteiger partial charge in [0, 0.05) is 54.0 Å². The Labute approximate surface area is 350 Å². The summed E-state index contributed by atoms with van der Waals surface area (Å²) in [5.41, 5.74) is 5.64. The average molecular weight is 812 g/mol. The van der Waals surface area contributed by atoms with E-state index in [0.717, 1.165) is 44.3 Å². The molecule has 4 amide bonds. The summed E-state index contributed by atoms with van der Waals surface area (Å²) < 4.78 is 2.24. The molecule has 3 aliphatic heterocycles. The minimum absolute atomic E-state index is 0.0847. The fraction of sp³-hybridized carbons (Fsp3) is 0.375. The van der Waals surface area contributed by atoms with Crippen molar-refractivity contribution >= 4 is 68.2 Å². The molecule has 0 radical (unpaired) electrons. The van der Waals surface area contributed by atoms with Crippen molar-refractivity contribution in [1.29, 1.82) is 0 Å². The van der Waals surface area contributed by atoms with Crippen LogP contribution in [-0.4, -0.2) is 82.8 Å². The molecular formula is C48H55N6O6+. The van der Waals surface area contributed by atoms with Crippen molar-refractivity contribution in [2.24, 2.45) is 0 Å². The van der Waals surface area contributed by atoms with Gasteiger partial charge in [-0.15, -0.1) is 0 Å². The number of nitrogens with one attached hydrogen (secondary N) is 4. The van der Waals surface area contributed by atoms with E-state index in [2.05, 4.69) is 131 Å². The van der Waals surface area contributed by atoms with Crippen molar-refractivity contribution in [2.75, 3.05) is 24.5 Å². The number of anilines is 1. The van der Waals surface area contributed by atoms with Crippen LogP contribution < -0.4 is 26.2 Å². The van der Waals surface area contributed by atoms with Crippen LogP contribution in [0.4, 0.5) is 11.4 Å². The Kier molecular flexibility index (Phi) is 11.7. The van der Waals surface area contributed by atoms with Crippen molar-refractivity contribution in [3.63, 3.8) is 0 Å². The third kappa shape index (κ3) is 8.02. The summed E-state index contributed by atoms with van der Waals surface area (Å²) in [6.07, 6.45) is 7.14. The molecule has 0 saturated heterocycles. The SMILES string of the molecule is C[C@H](NC(=O)C1CCCNC(=O)CC[N+]2=C(/C=C/C=C3/N(CCC(=O)N[C@@H](C)C(=O)N1)c1ccc4ccccc4c1C3(C)C)C(C)(C)c1c2ccc2ccccc12)C(=O)O. The number of nitrogens with zero attached hydrogens (tertiary/aromatic N) is 2. The predicted octanol–water partition coefficient (Wildman–Crippen LogP) is 5.88. The average Bonchev–Trinajstić information content (AvgIpc) is 3.57. The summed E-state index contributed by atoms with van der Waals surface area (Å²) >= 11 is 0. The molecule has 4 aromatic carbocycles. The van der Waals surface area contributed by atoms with Crippen LogP contribution in [0.15, 0.2) is 96.7 Å². The van der Waals surface area contributed by atoms with Crippen LogP contribution in [0.5, 0.6) is 0 Å². The summed E-state index contributed by atoms with van der Waals surface area (Å²) in [6.45, 7) is 12.8. The number of carboxylic acid groups (broad SMARTS) is 1. The van der Waals surface area contributed by atoms with E-state index in [1.165, 1.54) is 18.1 Å². The lowest BCUT2D eigenvalue weighted by atomic mass is 9.79. The maximum absolute atomic E-state index is 13.6. The zero-order chi connectivity index (χ0) is 42.9. The molecule has 5 N–H and O–H groups in total. The molecule has 4 aromatic rings. The highest BCUT2D eigenvalue weighted by atomic mass is 16.4. The standard InChI is InChI=1S/C48H54N6O6/c1-29-44(57)52-35(45(58)51-30(2)46(59)60)17-12-26-49-40(55)24-27-53-36-22-20-31-13-7-9-15-33(31)42(36)47(3,4)38(53)18-11-19-39-48(5,6)43-34-16-10-8-14-32(34)21-23-37(43)54(39)28-25-41(56)50-29/h7-11,13-16,18-23,29-30,35H,12,17,24-28H2,1-6H3,(H4-,49,50,51,52,55,56,57,58,59,60)/p+1/t29-,30-,35?/m0/s1. The molecule has 1 unspecified atom stereocenters. The lowest BCUT2D eigenvalue weighted by Crippen LogP contribution is -2.54. The number of hydrogen-bond donors (Lipinski definition) is 5. The third-order valence-electron chi connectivity index (χ3n) is 12.3. The fourth-order valence-corrected chi connectivity index (χ4v) is 9.15. The number of carbonyl (C=O) groups is 5. The maximum atomic E-state index is 13.6. The van der Waals surface area contributed by atoms with Crippen LogP contribution >= 0.6 is 0 Å². The number of benzene rings is 4. The van der Waals surface area contributed by atoms with Gasteiger partial charge in [-0.25, -0.2) is 0 Å². The Balaban J connectivity index is 1.28. The van der Waals surface area contributed by atoms with Crippen LogP contribution in [0, 0.1) is 0 Å². The van der Waals surface area contributed by atoms with Crippen molar-refractivity contribution in [1.82, 2.24) is 21.3 Å². The zero-order valence-corrected chi connectivity index (χ0v) is 35.2. The van der Waals surface area contributed by atoms with Gasteiger partial charge < -0.3 is 31.3 Å². The molecule has 0 bridgehead atoms. The summed E-state index contributed by atoms with van der Waals surface area (Å²) in [4.78, 5) is 67.4. The van der Waals surface area contributed by atoms with Gasteiger partial charge in [-0.1, -0.05) is 74.5 Å². The summed E-state index contributed by atoms with van der Waals surface area (Å²) in [5, 5.41) is 24.9. The lowest BCUT2D eigenvalue weighted by molar-refractivity contribution is -0.436. The van der Waals surface area contributed by atoms with Gasteiger partial charge in [-0.2, -0.15) is 4.58 Å². The van der Waals surface area contributed by atoms with Crippen LogP contribution in [0.1, 0.15) is 78.4 Å². The predicted molar refractivity (Wildman–Crippen MR) is 235 cm³/mol. The number of amides is 4. The molecule has 0 fully saturated rings. The zero-order valence-electron chi connectivity index (χ0n) is 35.2. The first kappa shape index (κ1) is 41.8. The Morgan fingerprint density at radius 2 is 1.52 bits per heavy atom. The van der Waals surface area contributed by atoms with E-state index in [-0.39, 0.29) is 37.6 Å². The van der Waals surface area contributed by atoms with E-state index < -0.39 is 46.7 Å². The van der Waals surface area contributed by atoms with Crippen molar-refractivity contribution in [3.8, 4) is 0 Å². The third-order valence-corrected chi connectivity index (χ3v) is 12.3. The molecule has 12 nitrogen and oxygen atoms in total. The first-order valence-electron chi connectivity index (χ1n) is 20.8. The minimum atomic E-state index is -1.22. The van der Waals surface area contributed by atoms with E-state index in [1.54, 1.807) is 6.92 Å². The monoisotopic (exact) mass is 811 g/mol. The number of hydrogen-bond acceptors (Lipinski definition) is 6. The highest BCUT2D eigenvalue weighted by Gasteiger charge is 2.46. The van der Waals surface area contributed by atoms with Crippen LogP contribution in [0.3, 0.4) is 0 Å². The summed E-state index contributed by atoms with van der Waals surface area (Å²) in [6, 6.07) is 21.9. The van der Waals surface area contributed by atoms with Gasteiger partial charge >= 0.3 is 5.97 Å². The fourth-order valence-electron chi connectivity index (χ4n) is 9.15. The molecule has 0 aromatic heterocycles. The highest BCUT2D eigenvalue weighted by molar-refractivity contribution is 6.08. The second kappa shape index (κ2) is 16.8. The van der Waals surface area contributed by atoms with E-state index in [0.29, 0.717) is 19.5 Å². The van der Waals surface area contributed by atoms with Gasteiger partial charge in [0.1, 0.15) is 18.1 Å². The molecule has 12 heteroatoms. The molecule has 7 rings (SSSR count). The molecule has 0 saturated carbocycles. The van der Waals surface area contributed by atoms with Gasteiger partial charge in [-0.3, -0.25) is 24.0 Å². The second-order valence-corrected chi connectivity index (χ2v) is 17.1. The molecule has 0 aliphatic carbocycles. The van der Waals surface area contributed by atoms with Crippen molar-refractivity contribution in [3.05, 3.63) is 108 Å². The van der Waals surface area contributed by atoms with Crippen LogP contribution in [0.25, 0.3) is 21.5 Å². The number of rotatable bonds is 3. The molecule has 3 aliphatic rings. The van der Waals surface area contributed by atoms with E-state index in [4.69, 9.17) is 0 Å². The summed E-state index contributed by atoms with van der Waals surface area (Å²) in [5.74, 6) is -2.98. The smallest absolute Gasteiger partial charge is 0.325 e. The van der Waals surface area contributed by atoms with Gasteiger partial charge in [0.2, 0.25) is 29.3 Å². The first-order valence-corrected chi connectivity index (χ1v) is 20.8. The van der Waals surface area contributed by atoms with Crippen LogP contribution in [0.2, 0.25) is 0 Å². The van der Waals surface area contributed by atoms with E-state index in [1.807, 2.05) is 18.2 Å². The molecule has 312 valence electrons. The first-order chi connectivity index (χ1) is 28.6. The number of carbonyl (C=O) groups excluding carboxylic acids is 4. The topological polar surface area (TPSA) is 160 Å². The van der Waals surface area contributed by atoms with Crippen LogP contribution in [-0.2, 0) is 34.8 Å². The molecule has 60 heavy (non-hydrogen) atoms. The molecule has 3 atom stereocenters. The number of carboxylic acids is 1. The van der Waals surface area contributed by atoms with Crippen molar-refractivity contribution in [2.45, 2.75) is 96.2 Å². The second-order valence-electron chi connectivity index (χ2n) is 17.1. The Morgan fingerprint density at radius 1 is 0.850 bits per heavy atom. The maximum Gasteiger partial charge on any atom is 0.325 e. The number of fused-ring (bicyclic) bond motifs is 9. The van der Waals surface area contributed by atoms with Crippen molar-refractivity contribution < 1.29 is 33.7 Å². The van der Waals surface area contributed by atoms with Gasteiger partial charge in [0.15, 0.2) is 12.3 Å². The van der Waals surface area contributed by atoms with Gasteiger partial charge in [0.25, 0.3) is 0 Å². The van der Waals surface area contributed by atoms with E-state index >= 15 is 0 Å². The van der Waals surface area contributed by atoms with E-state index in [9.17, 15) is 29.1 Å². The number of allylic oxidation sites excluding steroid dienone is 4. The molecular weight excluding hydrogens is 757 g/mol. The lowest BCUT2D eigenvalue weighted by Gasteiger charge is -2.27. The van der Waals surface area contributed by atoms with Gasteiger partial charge in [-0.05, 0) is 85.9 Å². The quantitative estimate of drug-likeness (QED) is 0.162. The summed E-state index contributed by atoms with van der Waals surface area (Å²) in [7, 11) is 0. The molecule has 3 heterocycles. The highest BCUT2D eigenvalue weighted by Crippen LogP contribution is 2.51. The normalized spacial score (nSPS) is 22.9. The Morgan fingerprint density at radius 3 is 2.22 bits per heavy atom. The Hall–Kier alpha value is -6.30. The largest absolute Gasteiger partial charge is 0.480 e. The Bertz CT molecular complexity index is 2500.